The number of hydrogen-bond acceptors (Lipinski definition) is 4. The lowest BCUT2D eigenvalue weighted by atomic mass is 10.3. The number of esters is 1. The highest BCUT2D eigenvalue weighted by Crippen LogP contribution is 2.13. The second-order valence-corrected chi connectivity index (χ2v) is 4.48. The van der Waals surface area contributed by atoms with Gasteiger partial charge in [-0.3, -0.25) is 9.59 Å². The largest absolute Gasteiger partial charge is 0.465 e. The van der Waals surface area contributed by atoms with Gasteiger partial charge in [-0.05, 0) is 26.3 Å². The van der Waals surface area contributed by atoms with E-state index >= 15 is 0 Å². The van der Waals surface area contributed by atoms with Gasteiger partial charge in [0.25, 0.3) is 5.91 Å². The van der Waals surface area contributed by atoms with Crippen LogP contribution < -0.4 is 5.73 Å². The molecule has 1 amide bonds. The molecule has 0 bridgehead atoms. The van der Waals surface area contributed by atoms with Crippen molar-refractivity contribution < 1.29 is 14.3 Å². The molecular formula is C14H23N3O3. The Bertz CT molecular complexity index is 468. The summed E-state index contributed by atoms with van der Waals surface area (Å²) < 4.78 is 6.69. The second kappa shape index (κ2) is 7.57. The molecule has 112 valence electrons. The Morgan fingerprint density at radius 3 is 2.60 bits per heavy atom. The van der Waals surface area contributed by atoms with Crippen LogP contribution in [-0.4, -0.2) is 41.0 Å². The van der Waals surface area contributed by atoms with Crippen LogP contribution in [0.25, 0.3) is 0 Å². The normalized spacial score (nSPS) is 10.3. The zero-order valence-electron chi connectivity index (χ0n) is 12.4. The van der Waals surface area contributed by atoms with Gasteiger partial charge in [-0.1, -0.05) is 6.92 Å². The molecule has 1 aromatic heterocycles. The van der Waals surface area contributed by atoms with Crippen molar-refractivity contribution in [3.8, 4) is 0 Å². The van der Waals surface area contributed by atoms with Crippen LogP contribution in [0.2, 0.25) is 0 Å². The van der Waals surface area contributed by atoms with Gasteiger partial charge < -0.3 is 19.9 Å². The Hall–Kier alpha value is -1.98. The van der Waals surface area contributed by atoms with Crippen molar-refractivity contribution in [3.63, 3.8) is 0 Å². The molecule has 2 N–H and O–H groups in total. The van der Waals surface area contributed by atoms with Crippen LogP contribution in [0.5, 0.6) is 0 Å². The molecule has 1 aromatic rings. The van der Waals surface area contributed by atoms with E-state index in [0.29, 0.717) is 31.1 Å². The third-order valence-electron chi connectivity index (χ3n) is 2.88. The Labute approximate surface area is 119 Å². The average Bonchev–Trinajstić information content (AvgIpc) is 2.79. The smallest absolute Gasteiger partial charge is 0.325 e. The summed E-state index contributed by atoms with van der Waals surface area (Å²) in [6.07, 6.45) is 2.50. The van der Waals surface area contributed by atoms with Gasteiger partial charge in [0, 0.05) is 19.3 Å². The monoisotopic (exact) mass is 281 g/mol. The van der Waals surface area contributed by atoms with Crippen LogP contribution in [0.15, 0.2) is 12.3 Å². The van der Waals surface area contributed by atoms with Crippen molar-refractivity contribution in [2.24, 2.45) is 0 Å². The topological polar surface area (TPSA) is 77.6 Å². The molecule has 0 saturated carbocycles. The highest BCUT2D eigenvalue weighted by molar-refractivity contribution is 5.95. The van der Waals surface area contributed by atoms with Gasteiger partial charge in [0.2, 0.25) is 0 Å². The predicted octanol–water partition coefficient (Wildman–Crippen LogP) is 1.51. The second-order valence-electron chi connectivity index (χ2n) is 4.48. The van der Waals surface area contributed by atoms with Crippen molar-refractivity contribution in [1.29, 1.82) is 0 Å². The SMILES string of the molecule is CCCN(CC(=O)OCC)C(=O)c1cc(N)cn1CC. The maximum atomic E-state index is 12.5. The van der Waals surface area contributed by atoms with Crippen molar-refractivity contribution in [3.05, 3.63) is 18.0 Å². The fourth-order valence-corrected chi connectivity index (χ4v) is 2.02. The third-order valence-corrected chi connectivity index (χ3v) is 2.88. The Balaban J connectivity index is 2.89. The number of carbonyl (C=O) groups excluding carboxylic acids is 2. The number of amides is 1. The number of rotatable bonds is 7. The third kappa shape index (κ3) is 4.01. The molecule has 1 heterocycles. The predicted molar refractivity (Wildman–Crippen MR) is 77.3 cm³/mol. The maximum Gasteiger partial charge on any atom is 0.325 e. The van der Waals surface area contributed by atoms with Crippen LogP contribution in [0, 0.1) is 0 Å². The fraction of sp³-hybridized carbons (Fsp3) is 0.571. The first kappa shape index (κ1) is 16.1. The Morgan fingerprint density at radius 2 is 2.05 bits per heavy atom. The minimum absolute atomic E-state index is 0.0324. The van der Waals surface area contributed by atoms with E-state index in [0.717, 1.165) is 6.42 Å². The number of aryl methyl sites for hydroxylation is 1. The number of aromatic nitrogens is 1. The summed E-state index contributed by atoms with van der Waals surface area (Å²) in [5.74, 6) is -0.588. The fourth-order valence-electron chi connectivity index (χ4n) is 2.02. The molecule has 1 rings (SSSR count). The molecule has 0 spiro atoms. The molecule has 0 radical (unpaired) electrons. The molecule has 6 heteroatoms. The first-order valence-electron chi connectivity index (χ1n) is 6.93. The van der Waals surface area contributed by atoms with Crippen molar-refractivity contribution >= 4 is 17.6 Å². The summed E-state index contributed by atoms with van der Waals surface area (Å²) >= 11 is 0. The lowest BCUT2D eigenvalue weighted by Gasteiger charge is -2.21. The number of hydrogen-bond donors (Lipinski definition) is 1. The van der Waals surface area contributed by atoms with Crippen LogP contribution in [0.1, 0.15) is 37.7 Å². The minimum atomic E-state index is -0.392. The quantitative estimate of drug-likeness (QED) is 0.768. The van der Waals surface area contributed by atoms with E-state index in [1.807, 2.05) is 13.8 Å². The molecule has 20 heavy (non-hydrogen) atoms. The summed E-state index contributed by atoms with van der Waals surface area (Å²) in [6, 6.07) is 1.64. The zero-order valence-corrected chi connectivity index (χ0v) is 12.4. The maximum absolute atomic E-state index is 12.5. The number of ether oxygens (including phenoxy) is 1. The number of nitrogens with zero attached hydrogens (tertiary/aromatic N) is 2. The molecule has 0 aromatic carbocycles. The first-order chi connectivity index (χ1) is 9.53. The van der Waals surface area contributed by atoms with Gasteiger partial charge in [-0.2, -0.15) is 0 Å². The van der Waals surface area contributed by atoms with E-state index in [2.05, 4.69) is 0 Å². The molecule has 0 aliphatic rings. The lowest BCUT2D eigenvalue weighted by Crippen LogP contribution is -2.38. The standard InChI is InChI=1S/C14H23N3O3/c1-4-7-17(10-13(18)20-6-3)14(19)12-8-11(15)9-16(12)5-2/h8-9H,4-7,10,15H2,1-3H3. The first-order valence-corrected chi connectivity index (χ1v) is 6.93. The Morgan fingerprint density at radius 1 is 1.35 bits per heavy atom. The van der Waals surface area contributed by atoms with Crippen molar-refractivity contribution in [2.45, 2.75) is 33.7 Å². The zero-order chi connectivity index (χ0) is 15.1. The number of nitrogens with two attached hydrogens (primary N) is 1. The van der Waals surface area contributed by atoms with Crippen LogP contribution >= 0.6 is 0 Å². The van der Waals surface area contributed by atoms with E-state index in [1.54, 1.807) is 23.8 Å². The van der Waals surface area contributed by atoms with E-state index in [-0.39, 0.29) is 12.5 Å². The molecule has 0 aliphatic heterocycles. The molecule has 0 unspecified atom stereocenters. The van der Waals surface area contributed by atoms with E-state index < -0.39 is 5.97 Å². The summed E-state index contributed by atoms with van der Waals surface area (Å²) in [7, 11) is 0. The number of carbonyl (C=O) groups is 2. The summed E-state index contributed by atoms with van der Waals surface area (Å²) in [6.45, 7) is 7.07. The van der Waals surface area contributed by atoms with Gasteiger partial charge in [-0.15, -0.1) is 0 Å². The number of nitrogen functional groups attached to an aromatic ring is 1. The highest BCUT2D eigenvalue weighted by atomic mass is 16.5. The van der Waals surface area contributed by atoms with Crippen LogP contribution in [0.4, 0.5) is 5.69 Å². The van der Waals surface area contributed by atoms with Gasteiger partial charge in [0.15, 0.2) is 0 Å². The number of anilines is 1. The highest BCUT2D eigenvalue weighted by Gasteiger charge is 2.21. The van der Waals surface area contributed by atoms with Gasteiger partial charge in [-0.25, -0.2) is 0 Å². The molecular weight excluding hydrogens is 258 g/mol. The van der Waals surface area contributed by atoms with Crippen molar-refractivity contribution in [1.82, 2.24) is 9.47 Å². The van der Waals surface area contributed by atoms with E-state index in [1.165, 1.54) is 4.90 Å². The average molecular weight is 281 g/mol. The summed E-state index contributed by atoms with van der Waals surface area (Å²) in [5.41, 5.74) is 6.78. The van der Waals surface area contributed by atoms with Crippen LogP contribution in [-0.2, 0) is 16.1 Å². The van der Waals surface area contributed by atoms with E-state index in [4.69, 9.17) is 10.5 Å². The minimum Gasteiger partial charge on any atom is -0.465 e. The van der Waals surface area contributed by atoms with Gasteiger partial charge in [0.1, 0.15) is 12.2 Å². The van der Waals surface area contributed by atoms with Crippen molar-refractivity contribution in [2.75, 3.05) is 25.4 Å². The van der Waals surface area contributed by atoms with Gasteiger partial charge in [0.05, 0.1) is 12.3 Å². The van der Waals surface area contributed by atoms with E-state index in [9.17, 15) is 9.59 Å². The Kier molecular flexibility index (Phi) is 6.09. The summed E-state index contributed by atoms with van der Waals surface area (Å²) in [4.78, 5) is 25.6. The molecule has 0 aliphatic carbocycles. The molecule has 6 nitrogen and oxygen atoms in total. The molecule has 0 saturated heterocycles. The van der Waals surface area contributed by atoms with Gasteiger partial charge >= 0.3 is 5.97 Å². The molecule has 0 atom stereocenters. The summed E-state index contributed by atoms with van der Waals surface area (Å²) in [5, 5.41) is 0. The lowest BCUT2D eigenvalue weighted by molar-refractivity contribution is -0.143. The van der Waals surface area contributed by atoms with Crippen LogP contribution in [0.3, 0.4) is 0 Å². The molecule has 0 fully saturated rings.